The van der Waals surface area contributed by atoms with Crippen molar-refractivity contribution in [3.05, 3.63) is 39.6 Å². The highest BCUT2D eigenvalue weighted by molar-refractivity contribution is 9.10. The van der Waals surface area contributed by atoms with Gasteiger partial charge in [0.15, 0.2) is 0 Å². The lowest BCUT2D eigenvalue weighted by Crippen LogP contribution is -2.21. The zero-order valence-electron chi connectivity index (χ0n) is 10.6. The highest BCUT2D eigenvalue weighted by Crippen LogP contribution is 2.20. The van der Waals surface area contributed by atoms with Gasteiger partial charge in [0.2, 0.25) is 0 Å². The molecule has 0 atom stereocenters. The number of halogens is 2. The molecule has 1 aromatic carbocycles. The lowest BCUT2D eigenvalue weighted by molar-refractivity contribution is 0.572. The Morgan fingerprint density at radius 1 is 1.47 bits per heavy atom. The van der Waals surface area contributed by atoms with Crippen molar-refractivity contribution in [2.75, 3.05) is 13.1 Å². The van der Waals surface area contributed by atoms with Gasteiger partial charge in [-0.05, 0) is 37.1 Å². The Morgan fingerprint density at radius 3 is 2.76 bits per heavy atom. The van der Waals surface area contributed by atoms with Crippen LogP contribution in [0.15, 0.2) is 28.2 Å². The molecule has 0 aliphatic heterocycles. The summed E-state index contributed by atoms with van der Waals surface area (Å²) in [5.41, 5.74) is 2.24. The summed E-state index contributed by atoms with van der Waals surface area (Å²) in [7, 11) is 0. The van der Waals surface area contributed by atoms with Gasteiger partial charge < -0.3 is 5.32 Å². The van der Waals surface area contributed by atoms with E-state index in [1.807, 2.05) is 0 Å². The summed E-state index contributed by atoms with van der Waals surface area (Å²) in [6.45, 7) is 8.31. The maximum Gasteiger partial charge on any atom is 0.124 e. The molecule has 0 bridgehead atoms. The Hall–Kier alpha value is -0.670. The van der Waals surface area contributed by atoms with Gasteiger partial charge in [-0.1, -0.05) is 47.5 Å². The Labute approximate surface area is 111 Å². The van der Waals surface area contributed by atoms with Crippen LogP contribution in [0.5, 0.6) is 0 Å². The maximum absolute atomic E-state index is 12.9. The van der Waals surface area contributed by atoms with E-state index in [0.717, 1.165) is 23.1 Å². The van der Waals surface area contributed by atoms with Gasteiger partial charge >= 0.3 is 0 Å². The second-order valence-corrected chi connectivity index (χ2v) is 5.54. The number of benzene rings is 1. The van der Waals surface area contributed by atoms with E-state index >= 15 is 0 Å². The third-order valence-corrected chi connectivity index (χ3v) is 3.01. The Kier molecular flexibility index (Phi) is 5.86. The molecule has 0 unspecified atom stereocenters. The first kappa shape index (κ1) is 14.4. The number of rotatable bonds is 5. The fourth-order valence-electron chi connectivity index (χ4n) is 1.49. The molecular weight excluding hydrogens is 281 g/mol. The first-order chi connectivity index (χ1) is 7.99. The molecule has 17 heavy (non-hydrogen) atoms. The van der Waals surface area contributed by atoms with E-state index in [0.29, 0.717) is 5.92 Å². The van der Waals surface area contributed by atoms with Crippen LogP contribution in [0.1, 0.15) is 26.3 Å². The standard InChI is InChI=1S/C14H19BrFN/c1-10(2)8-17-9-11(3)6-12-4-5-13(16)7-14(12)15/h4-7,10,17H,8-9H2,1-3H3/b11-6+. The van der Waals surface area contributed by atoms with Crippen LogP contribution in [0.3, 0.4) is 0 Å². The molecule has 0 amide bonds. The Balaban J connectivity index is 2.61. The summed E-state index contributed by atoms with van der Waals surface area (Å²) >= 11 is 3.36. The molecule has 94 valence electrons. The third kappa shape index (κ3) is 5.46. The van der Waals surface area contributed by atoms with E-state index in [4.69, 9.17) is 0 Å². The average molecular weight is 300 g/mol. The lowest BCUT2D eigenvalue weighted by Gasteiger charge is -2.08. The number of hydrogen-bond donors (Lipinski definition) is 1. The summed E-state index contributed by atoms with van der Waals surface area (Å²) in [4.78, 5) is 0. The topological polar surface area (TPSA) is 12.0 Å². The summed E-state index contributed by atoms with van der Waals surface area (Å²) < 4.78 is 13.7. The smallest absolute Gasteiger partial charge is 0.124 e. The molecule has 0 aromatic heterocycles. The van der Waals surface area contributed by atoms with Gasteiger partial charge in [-0.25, -0.2) is 4.39 Å². The van der Waals surface area contributed by atoms with Gasteiger partial charge in [0.1, 0.15) is 5.82 Å². The van der Waals surface area contributed by atoms with Crippen molar-refractivity contribution in [3.63, 3.8) is 0 Å². The molecule has 1 N–H and O–H groups in total. The quantitative estimate of drug-likeness (QED) is 0.857. The lowest BCUT2D eigenvalue weighted by atomic mass is 10.1. The van der Waals surface area contributed by atoms with Crippen LogP contribution in [-0.2, 0) is 0 Å². The molecule has 0 spiro atoms. The monoisotopic (exact) mass is 299 g/mol. The van der Waals surface area contributed by atoms with Crippen molar-refractivity contribution in [3.8, 4) is 0 Å². The second kappa shape index (κ2) is 6.92. The summed E-state index contributed by atoms with van der Waals surface area (Å²) in [6, 6.07) is 4.75. The van der Waals surface area contributed by atoms with Crippen LogP contribution >= 0.6 is 15.9 Å². The van der Waals surface area contributed by atoms with Crippen molar-refractivity contribution in [2.24, 2.45) is 5.92 Å². The highest BCUT2D eigenvalue weighted by atomic mass is 79.9. The van der Waals surface area contributed by atoms with Gasteiger partial charge in [-0.15, -0.1) is 0 Å². The van der Waals surface area contributed by atoms with Crippen LogP contribution in [0, 0.1) is 11.7 Å². The molecule has 0 heterocycles. The van der Waals surface area contributed by atoms with Gasteiger partial charge in [0.25, 0.3) is 0 Å². The molecular formula is C14H19BrFN. The minimum atomic E-state index is -0.218. The van der Waals surface area contributed by atoms with E-state index in [-0.39, 0.29) is 5.82 Å². The summed E-state index contributed by atoms with van der Waals surface area (Å²) in [5.74, 6) is 0.435. The van der Waals surface area contributed by atoms with Gasteiger partial charge in [-0.2, -0.15) is 0 Å². The zero-order chi connectivity index (χ0) is 12.8. The van der Waals surface area contributed by atoms with Crippen LogP contribution < -0.4 is 5.32 Å². The van der Waals surface area contributed by atoms with E-state index < -0.39 is 0 Å². The van der Waals surface area contributed by atoms with Crippen molar-refractivity contribution in [1.82, 2.24) is 5.32 Å². The Bertz CT molecular complexity index is 399. The van der Waals surface area contributed by atoms with Crippen molar-refractivity contribution in [1.29, 1.82) is 0 Å². The van der Waals surface area contributed by atoms with E-state index in [9.17, 15) is 4.39 Å². The molecule has 1 rings (SSSR count). The first-order valence-corrected chi connectivity index (χ1v) is 6.61. The zero-order valence-corrected chi connectivity index (χ0v) is 12.1. The third-order valence-electron chi connectivity index (χ3n) is 2.32. The largest absolute Gasteiger partial charge is 0.313 e. The molecule has 3 heteroatoms. The van der Waals surface area contributed by atoms with E-state index in [2.05, 4.69) is 48.1 Å². The predicted molar refractivity (Wildman–Crippen MR) is 75.5 cm³/mol. The molecule has 0 saturated carbocycles. The highest BCUT2D eigenvalue weighted by Gasteiger charge is 2.00. The van der Waals surface area contributed by atoms with Crippen LogP contribution in [0.4, 0.5) is 4.39 Å². The fraction of sp³-hybridized carbons (Fsp3) is 0.429. The Morgan fingerprint density at radius 2 is 2.18 bits per heavy atom. The second-order valence-electron chi connectivity index (χ2n) is 4.68. The number of hydrogen-bond acceptors (Lipinski definition) is 1. The predicted octanol–water partition coefficient (Wildman–Crippen LogP) is 4.24. The van der Waals surface area contributed by atoms with Crippen LogP contribution in [0.25, 0.3) is 6.08 Å². The van der Waals surface area contributed by atoms with Gasteiger partial charge in [0, 0.05) is 11.0 Å². The van der Waals surface area contributed by atoms with Crippen molar-refractivity contribution < 1.29 is 4.39 Å². The SMILES string of the molecule is C/C(=C\c1ccc(F)cc1Br)CNCC(C)C. The average Bonchev–Trinajstić information content (AvgIpc) is 2.21. The molecule has 0 radical (unpaired) electrons. The van der Waals surface area contributed by atoms with Crippen LogP contribution in [-0.4, -0.2) is 13.1 Å². The van der Waals surface area contributed by atoms with Gasteiger partial charge in [-0.3, -0.25) is 0 Å². The first-order valence-electron chi connectivity index (χ1n) is 5.82. The fourth-order valence-corrected chi connectivity index (χ4v) is 1.96. The maximum atomic E-state index is 12.9. The molecule has 1 nitrogen and oxygen atoms in total. The van der Waals surface area contributed by atoms with E-state index in [1.165, 1.54) is 17.7 Å². The normalized spacial score (nSPS) is 12.2. The van der Waals surface area contributed by atoms with Crippen molar-refractivity contribution >= 4 is 22.0 Å². The van der Waals surface area contributed by atoms with Crippen molar-refractivity contribution in [2.45, 2.75) is 20.8 Å². The summed E-state index contributed by atoms with van der Waals surface area (Å²) in [6.07, 6.45) is 2.07. The van der Waals surface area contributed by atoms with E-state index in [1.54, 1.807) is 6.07 Å². The molecule has 0 aliphatic rings. The minimum absolute atomic E-state index is 0.218. The molecule has 0 aliphatic carbocycles. The van der Waals surface area contributed by atoms with Crippen LogP contribution in [0.2, 0.25) is 0 Å². The van der Waals surface area contributed by atoms with Gasteiger partial charge in [0.05, 0.1) is 0 Å². The summed E-state index contributed by atoms with van der Waals surface area (Å²) in [5, 5.41) is 3.38. The molecule has 0 fully saturated rings. The minimum Gasteiger partial charge on any atom is -0.313 e. The molecule has 0 saturated heterocycles. The molecule has 1 aromatic rings. The number of nitrogens with one attached hydrogen (secondary N) is 1.